The summed E-state index contributed by atoms with van der Waals surface area (Å²) in [5.41, 5.74) is 9.37. The maximum atomic E-state index is 6.36. The topological polar surface area (TPSA) is 41.6 Å². The summed E-state index contributed by atoms with van der Waals surface area (Å²) in [4.78, 5) is 2.40. The van der Waals surface area contributed by atoms with Crippen LogP contribution in [0.1, 0.15) is 5.56 Å². The molecule has 46 heavy (non-hydrogen) atoms. The van der Waals surface area contributed by atoms with Gasteiger partial charge in [-0.2, -0.15) is 0 Å². The number of anilines is 4. The molecule has 0 bridgehead atoms. The van der Waals surface area contributed by atoms with Gasteiger partial charge in [-0.1, -0.05) is 91.0 Å². The first-order valence-electron chi connectivity index (χ1n) is 15.5. The lowest BCUT2D eigenvalue weighted by molar-refractivity contribution is 0.628. The van der Waals surface area contributed by atoms with Crippen LogP contribution in [0.25, 0.3) is 70.3 Å². The maximum Gasteiger partial charge on any atom is 0.201 e. The molecule has 6 aromatic carbocycles. The third kappa shape index (κ3) is 3.73. The summed E-state index contributed by atoms with van der Waals surface area (Å²) < 4.78 is 15.1. The van der Waals surface area contributed by atoms with E-state index >= 15 is 0 Å². The average Bonchev–Trinajstić information content (AvgIpc) is 3.80. The highest BCUT2D eigenvalue weighted by Crippen LogP contribution is 2.48. The molecule has 0 spiro atoms. The van der Waals surface area contributed by atoms with Crippen LogP contribution in [0.15, 0.2) is 142 Å². The number of nitrogens with one attached hydrogen (secondary N) is 1. The Balaban J connectivity index is 1.21. The summed E-state index contributed by atoms with van der Waals surface area (Å²) in [5.74, 6) is 0.838. The zero-order valence-electron chi connectivity index (χ0n) is 24.7. The first-order chi connectivity index (χ1) is 22.8. The number of thiophene rings is 1. The number of rotatable bonds is 4. The van der Waals surface area contributed by atoms with Crippen molar-refractivity contribution in [1.82, 2.24) is 0 Å². The molecule has 0 saturated carbocycles. The molecular formula is C41H26N2O2S. The van der Waals surface area contributed by atoms with E-state index in [9.17, 15) is 0 Å². The smallest absolute Gasteiger partial charge is 0.201 e. The fraction of sp³-hybridized carbons (Fsp3) is 0.0244. The van der Waals surface area contributed by atoms with Crippen molar-refractivity contribution in [3.05, 3.63) is 139 Å². The van der Waals surface area contributed by atoms with Gasteiger partial charge in [0.2, 0.25) is 5.88 Å². The Kier molecular flexibility index (Phi) is 5.47. The molecule has 1 aliphatic heterocycles. The molecule has 10 rings (SSSR count). The van der Waals surface area contributed by atoms with Crippen LogP contribution < -0.4 is 10.2 Å². The normalized spacial score (nSPS) is 12.8. The summed E-state index contributed by atoms with van der Waals surface area (Å²) >= 11 is 1.84. The Labute approximate surface area is 268 Å². The highest BCUT2D eigenvalue weighted by atomic mass is 32.1. The van der Waals surface area contributed by atoms with Crippen molar-refractivity contribution in [2.24, 2.45) is 0 Å². The fourth-order valence-electron chi connectivity index (χ4n) is 7.08. The minimum absolute atomic E-state index is 0.776. The standard InChI is InChI=1S/C41H26N2O2S/c1-3-16-34-30(10-1)39-32(14-7-18-36(39)44-34)43(33-15-5-12-29-28-9-2-4-19-37(28)46-40(29)33)26-22-20-25(21-23-26)27-11-6-17-35-38(27)31-13-8-24-42-41(31)45-35/h1-23,42H,24H2. The summed E-state index contributed by atoms with van der Waals surface area (Å²) in [7, 11) is 0. The minimum Gasteiger partial charge on any atom is -0.456 e. The molecule has 9 aromatic rings. The van der Waals surface area contributed by atoms with Crippen LogP contribution in [0.4, 0.5) is 22.9 Å². The van der Waals surface area contributed by atoms with Crippen LogP contribution >= 0.6 is 11.3 Å². The molecular weight excluding hydrogens is 585 g/mol. The Morgan fingerprint density at radius 2 is 1.30 bits per heavy atom. The van der Waals surface area contributed by atoms with Crippen LogP contribution in [-0.2, 0) is 0 Å². The van der Waals surface area contributed by atoms with Gasteiger partial charge in [-0.3, -0.25) is 0 Å². The molecule has 0 saturated heterocycles. The lowest BCUT2D eigenvalue weighted by Crippen LogP contribution is -2.10. The molecule has 0 unspecified atom stereocenters. The van der Waals surface area contributed by atoms with E-state index in [0.717, 1.165) is 79.1 Å². The van der Waals surface area contributed by atoms with Crippen molar-refractivity contribution >= 4 is 93.4 Å². The van der Waals surface area contributed by atoms with Gasteiger partial charge in [0.15, 0.2) is 0 Å². The van der Waals surface area contributed by atoms with Crippen molar-refractivity contribution in [3.63, 3.8) is 0 Å². The third-order valence-electron chi connectivity index (χ3n) is 9.10. The second kappa shape index (κ2) is 9.86. The Bertz CT molecular complexity index is 2660. The fourth-order valence-corrected chi connectivity index (χ4v) is 8.29. The number of furan rings is 2. The van der Waals surface area contributed by atoms with Gasteiger partial charge in [-0.05, 0) is 59.7 Å². The van der Waals surface area contributed by atoms with Gasteiger partial charge in [0.25, 0.3) is 0 Å². The predicted octanol–water partition coefficient (Wildman–Crippen LogP) is 12.3. The Morgan fingerprint density at radius 3 is 2.22 bits per heavy atom. The van der Waals surface area contributed by atoms with Gasteiger partial charge in [-0.15, -0.1) is 11.3 Å². The van der Waals surface area contributed by atoms with Crippen LogP contribution in [0.5, 0.6) is 0 Å². The SMILES string of the molecule is C1=Cc2c(oc3cccc(-c4ccc(N(c5cccc6c5sc5ccccc56)c5cccc6oc7ccccc7c56)cc4)c23)NC1. The van der Waals surface area contributed by atoms with Crippen LogP contribution in [0.2, 0.25) is 0 Å². The van der Waals surface area contributed by atoms with Crippen LogP contribution in [0.3, 0.4) is 0 Å². The first kappa shape index (κ1) is 25.5. The van der Waals surface area contributed by atoms with Crippen molar-refractivity contribution < 1.29 is 8.83 Å². The predicted molar refractivity (Wildman–Crippen MR) is 194 cm³/mol. The second-order valence-corrected chi connectivity index (χ2v) is 12.7. The number of hydrogen-bond donors (Lipinski definition) is 1. The lowest BCUT2D eigenvalue weighted by Gasteiger charge is -2.27. The third-order valence-corrected chi connectivity index (χ3v) is 10.3. The van der Waals surface area contributed by atoms with Gasteiger partial charge in [0.05, 0.1) is 21.5 Å². The first-order valence-corrected chi connectivity index (χ1v) is 16.3. The zero-order valence-corrected chi connectivity index (χ0v) is 25.5. The molecule has 0 atom stereocenters. The summed E-state index contributed by atoms with van der Waals surface area (Å²) in [6.07, 6.45) is 4.31. The quantitative estimate of drug-likeness (QED) is 0.215. The number of fused-ring (bicyclic) bond motifs is 9. The Morgan fingerprint density at radius 1 is 0.587 bits per heavy atom. The monoisotopic (exact) mass is 610 g/mol. The van der Waals surface area contributed by atoms with Crippen molar-refractivity contribution in [2.45, 2.75) is 0 Å². The maximum absolute atomic E-state index is 6.36. The molecule has 5 heteroatoms. The molecule has 3 aromatic heterocycles. The average molecular weight is 611 g/mol. The number of nitrogens with zero attached hydrogens (tertiary/aromatic N) is 1. The van der Waals surface area contributed by atoms with Crippen molar-refractivity contribution in [3.8, 4) is 11.1 Å². The molecule has 4 nitrogen and oxygen atoms in total. The van der Waals surface area contributed by atoms with Gasteiger partial charge in [0.1, 0.15) is 16.7 Å². The largest absolute Gasteiger partial charge is 0.456 e. The lowest BCUT2D eigenvalue weighted by atomic mass is 9.97. The van der Waals surface area contributed by atoms with E-state index < -0.39 is 0 Å². The van der Waals surface area contributed by atoms with Gasteiger partial charge in [0, 0.05) is 44.0 Å². The van der Waals surface area contributed by atoms with Gasteiger partial charge >= 0.3 is 0 Å². The van der Waals surface area contributed by atoms with Crippen molar-refractivity contribution in [2.75, 3.05) is 16.8 Å². The summed E-state index contributed by atoms with van der Waals surface area (Å²) in [5, 5.41) is 9.27. The molecule has 4 heterocycles. The molecule has 0 radical (unpaired) electrons. The van der Waals surface area contributed by atoms with Crippen LogP contribution in [-0.4, -0.2) is 6.54 Å². The van der Waals surface area contributed by atoms with Crippen molar-refractivity contribution in [1.29, 1.82) is 0 Å². The molecule has 218 valence electrons. The molecule has 1 N–H and O–H groups in total. The van der Waals surface area contributed by atoms with Crippen LogP contribution in [0, 0.1) is 0 Å². The van der Waals surface area contributed by atoms with E-state index in [4.69, 9.17) is 8.83 Å². The van der Waals surface area contributed by atoms with E-state index in [1.54, 1.807) is 0 Å². The van der Waals surface area contributed by atoms with E-state index in [0.29, 0.717) is 0 Å². The van der Waals surface area contributed by atoms with E-state index in [2.05, 4.69) is 132 Å². The molecule has 0 aliphatic carbocycles. The van der Waals surface area contributed by atoms with E-state index in [-0.39, 0.29) is 0 Å². The van der Waals surface area contributed by atoms with E-state index in [1.165, 1.54) is 20.2 Å². The second-order valence-electron chi connectivity index (χ2n) is 11.7. The molecule has 1 aliphatic rings. The summed E-state index contributed by atoms with van der Waals surface area (Å²) in [6.45, 7) is 0.776. The molecule has 0 amide bonds. The zero-order chi connectivity index (χ0) is 30.2. The number of benzene rings is 6. The number of hydrogen-bond acceptors (Lipinski definition) is 5. The van der Waals surface area contributed by atoms with Gasteiger partial charge < -0.3 is 19.1 Å². The van der Waals surface area contributed by atoms with Gasteiger partial charge in [-0.25, -0.2) is 0 Å². The number of para-hydroxylation sites is 1. The highest BCUT2D eigenvalue weighted by molar-refractivity contribution is 7.26. The minimum atomic E-state index is 0.776. The molecule has 0 fully saturated rings. The van der Waals surface area contributed by atoms with E-state index in [1.807, 2.05) is 29.5 Å². The Hall–Kier alpha value is -5.78. The highest BCUT2D eigenvalue weighted by Gasteiger charge is 2.23. The summed E-state index contributed by atoms with van der Waals surface area (Å²) in [6, 6.07) is 45.3.